The van der Waals surface area contributed by atoms with Gasteiger partial charge in [-0.05, 0) is 80.6 Å². The van der Waals surface area contributed by atoms with Gasteiger partial charge in [-0.3, -0.25) is 4.98 Å². The molecule has 0 aliphatic heterocycles. The number of aromatic nitrogens is 1. The number of benzene rings is 2. The first-order chi connectivity index (χ1) is 15.2. The molecule has 4 rings (SSSR count). The number of fused-ring (bicyclic) bond motifs is 1. The summed E-state index contributed by atoms with van der Waals surface area (Å²) in [4.78, 5) is 4.44. The molecule has 1 aliphatic carbocycles. The first-order valence-electron chi connectivity index (χ1n) is 10.9. The quantitative estimate of drug-likeness (QED) is 0.488. The fraction of sp³-hybridized carbons (Fsp3) is 0.400. The van der Waals surface area contributed by atoms with Gasteiger partial charge in [-0.1, -0.05) is 17.7 Å². The average Bonchev–Trinajstić information content (AvgIpc) is 2.80. The summed E-state index contributed by atoms with van der Waals surface area (Å²) in [6.45, 7) is 0.966. The smallest absolute Gasteiger partial charge is 0.160 e. The Balaban J connectivity index is 1.25. The summed E-state index contributed by atoms with van der Waals surface area (Å²) in [5, 5.41) is 9.31. The molecule has 0 atom stereocenters. The number of ether oxygens (including phenoxy) is 2. The lowest BCUT2D eigenvalue weighted by Gasteiger charge is -2.30. The Bertz CT molecular complexity index is 1020. The maximum Gasteiger partial charge on any atom is 0.160 e. The molecule has 0 unspecified atom stereocenters. The zero-order valence-electron chi connectivity index (χ0n) is 18.2. The number of methoxy groups -OCH3 is 2. The Hall–Kier alpha value is -2.50. The minimum absolute atomic E-state index is 0.491. The Morgan fingerprint density at radius 2 is 1.71 bits per heavy atom. The molecule has 0 radical (unpaired) electrons. The van der Waals surface area contributed by atoms with E-state index in [0.29, 0.717) is 12.1 Å². The highest BCUT2D eigenvalue weighted by molar-refractivity contribution is 6.31. The van der Waals surface area contributed by atoms with E-state index in [0.717, 1.165) is 58.9 Å². The molecule has 0 spiro atoms. The van der Waals surface area contributed by atoms with E-state index < -0.39 is 0 Å². The SMILES string of the molecule is COc1ccc(CCNC2CCC(Nc3ccnc4cc(Cl)ccc34)CC2)cc1OC. The van der Waals surface area contributed by atoms with Gasteiger partial charge < -0.3 is 20.1 Å². The second-order valence-corrected chi connectivity index (χ2v) is 8.54. The van der Waals surface area contributed by atoms with Gasteiger partial charge in [0.2, 0.25) is 0 Å². The maximum atomic E-state index is 6.11. The Labute approximate surface area is 189 Å². The molecule has 6 heteroatoms. The van der Waals surface area contributed by atoms with Crippen LogP contribution in [0.15, 0.2) is 48.7 Å². The molecule has 1 saturated carbocycles. The van der Waals surface area contributed by atoms with Crippen molar-refractivity contribution in [3.05, 3.63) is 59.2 Å². The van der Waals surface area contributed by atoms with Crippen molar-refractivity contribution in [2.75, 3.05) is 26.1 Å². The van der Waals surface area contributed by atoms with E-state index in [1.165, 1.54) is 18.4 Å². The highest BCUT2D eigenvalue weighted by atomic mass is 35.5. The predicted octanol–water partition coefficient (Wildman–Crippen LogP) is 5.46. The van der Waals surface area contributed by atoms with E-state index in [9.17, 15) is 0 Å². The normalized spacial score (nSPS) is 18.7. The van der Waals surface area contributed by atoms with E-state index in [-0.39, 0.29) is 0 Å². The molecule has 2 N–H and O–H groups in total. The van der Waals surface area contributed by atoms with Gasteiger partial charge in [0.15, 0.2) is 11.5 Å². The second-order valence-electron chi connectivity index (χ2n) is 8.11. The molecular weight excluding hydrogens is 410 g/mol. The van der Waals surface area contributed by atoms with Crippen molar-refractivity contribution in [3.63, 3.8) is 0 Å². The van der Waals surface area contributed by atoms with Crippen LogP contribution in [0.3, 0.4) is 0 Å². The monoisotopic (exact) mass is 439 g/mol. The highest BCUT2D eigenvalue weighted by Gasteiger charge is 2.21. The van der Waals surface area contributed by atoms with E-state index in [2.05, 4.69) is 33.8 Å². The van der Waals surface area contributed by atoms with Gasteiger partial charge in [0.05, 0.1) is 19.7 Å². The van der Waals surface area contributed by atoms with Crippen molar-refractivity contribution in [1.29, 1.82) is 0 Å². The van der Waals surface area contributed by atoms with Crippen LogP contribution in [0, 0.1) is 0 Å². The van der Waals surface area contributed by atoms with Crippen LogP contribution in [0.1, 0.15) is 31.2 Å². The molecule has 1 aliphatic rings. The summed E-state index contributed by atoms with van der Waals surface area (Å²) in [5.41, 5.74) is 3.33. The van der Waals surface area contributed by atoms with Crippen molar-refractivity contribution >= 4 is 28.2 Å². The molecule has 1 heterocycles. The Morgan fingerprint density at radius 1 is 0.935 bits per heavy atom. The molecule has 5 nitrogen and oxygen atoms in total. The van der Waals surface area contributed by atoms with Crippen LogP contribution in [-0.2, 0) is 6.42 Å². The van der Waals surface area contributed by atoms with Crippen LogP contribution in [0.4, 0.5) is 5.69 Å². The average molecular weight is 440 g/mol. The van der Waals surface area contributed by atoms with Gasteiger partial charge in [0.1, 0.15) is 0 Å². The van der Waals surface area contributed by atoms with Crippen molar-refractivity contribution in [2.45, 2.75) is 44.2 Å². The second kappa shape index (κ2) is 10.2. The summed E-state index contributed by atoms with van der Waals surface area (Å²) in [6, 6.07) is 15.2. The number of nitrogens with one attached hydrogen (secondary N) is 2. The molecule has 1 aromatic heterocycles. The standard InChI is InChI=1S/C25H30ClN3O2/c1-30-24-10-3-17(15-25(24)31-2)11-13-27-19-5-7-20(8-6-19)29-22-12-14-28-23-16-18(26)4-9-21(22)23/h3-4,9-10,12,14-16,19-20,27H,5-8,11,13H2,1-2H3,(H,28,29). The minimum Gasteiger partial charge on any atom is -0.493 e. The number of halogens is 1. The molecule has 164 valence electrons. The minimum atomic E-state index is 0.491. The van der Waals surface area contributed by atoms with E-state index in [4.69, 9.17) is 21.1 Å². The fourth-order valence-electron chi connectivity index (χ4n) is 4.37. The third kappa shape index (κ3) is 5.41. The van der Waals surface area contributed by atoms with Crippen LogP contribution in [0.5, 0.6) is 11.5 Å². The van der Waals surface area contributed by atoms with E-state index in [1.54, 1.807) is 14.2 Å². The van der Waals surface area contributed by atoms with Crippen molar-refractivity contribution in [3.8, 4) is 11.5 Å². The summed E-state index contributed by atoms with van der Waals surface area (Å²) in [5.74, 6) is 1.56. The van der Waals surface area contributed by atoms with Gasteiger partial charge in [-0.25, -0.2) is 0 Å². The van der Waals surface area contributed by atoms with Crippen LogP contribution >= 0.6 is 11.6 Å². The maximum absolute atomic E-state index is 6.11. The van der Waals surface area contributed by atoms with Crippen LogP contribution < -0.4 is 20.1 Å². The largest absolute Gasteiger partial charge is 0.493 e. The first kappa shape index (κ1) is 21.7. The van der Waals surface area contributed by atoms with Crippen LogP contribution in [0.2, 0.25) is 5.02 Å². The van der Waals surface area contributed by atoms with Crippen LogP contribution in [0.25, 0.3) is 10.9 Å². The zero-order chi connectivity index (χ0) is 21.6. The van der Waals surface area contributed by atoms with E-state index >= 15 is 0 Å². The van der Waals surface area contributed by atoms with Gasteiger partial charge in [0.25, 0.3) is 0 Å². The summed E-state index contributed by atoms with van der Waals surface area (Å²) in [7, 11) is 3.34. The van der Waals surface area contributed by atoms with Crippen LogP contribution in [-0.4, -0.2) is 37.8 Å². The lowest BCUT2D eigenvalue weighted by atomic mass is 9.90. The van der Waals surface area contributed by atoms with Gasteiger partial charge in [-0.15, -0.1) is 0 Å². The lowest BCUT2D eigenvalue weighted by Crippen LogP contribution is -2.37. The number of anilines is 1. The van der Waals surface area contributed by atoms with Crippen molar-refractivity contribution < 1.29 is 9.47 Å². The molecular formula is C25H30ClN3O2. The fourth-order valence-corrected chi connectivity index (χ4v) is 4.53. The Morgan fingerprint density at radius 3 is 2.48 bits per heavy atom. The Kier molecular flexibility index (Phi) is 7.15. The first-order valence-corrected chi connectivity index (χ1v) is 11.3. The number of nitrogens with zero attached hydrogens (tertiary/aromatic N) is 1. The van der Waals surface area contributed by atoms with Gasteiger partial charge >= 0.3 is 0 Å². The number of rotatable bonds is 8. The van der Waals surface area contributed by atoms with Gasteiger partial charge in [0, 0.05) is 34.4 Å². The van der Waals surface area contributed by atoms with Crippen molar-refractivity contribution in [2.24, 2.45) is 0 Å². The van der Waals surface area contributed by atoms with Gasteiger partial charge in [-0.2, -0.15) is 0 Å². The summed E-state index contributed by atoms with van der Waals surface area (Å²) >= 11 is 6.11. The molecule has 31 heavy (non-hydrogen) atoms. The topological polar surface area (TPSA) is 55.4 Å². The molecule has 0 amide bonds. The molecule has 2 aromatic carbocycles. The highest BCUT2D eigenvalue weighted by Crippen LogP contribution is 2.29. The molecule has 0 bridgehead atoms. The summed E-state index contributed by atoms with van der Waals surface area (Å²) in [6.07, 6.45) is 7.50. The summed E-state index contributed by atoms with van der Waals surface area (Å²) < 4.78 is 10.7. The number of hydrogen-bond acceptors (Lipinski definition) is 5. The molecule has 3 aromatic rings. The lowest BCUT2D eigenvalue weighted by molar-refractivity contribution is 0.352. The zero-order valence-corrected chi connectivity index (χ0v) is 18.9. The van der Waals surface area contributed by atoms with Crippen molar-refractivity contribution in [1.82, 2.24) is 10.3 Å². The third-order valence-corrected chi connectivity index (χ3v) is 6.32. The predicted molar refractivity (Wildman–Crippen MR) is 128 cm³/mol. The molecule has 1 fully saturated rings. The van der Waals surface area contributed by atoms with E-state index in [1.807, 2.05) is 30.5 Å². The number of hydrogen-bond donors (Lipinski definition) is 2. The third-order valence-electron chi connectivity index (χ3n) is 6.09. The number of pyridine rings is 1. The molecule has 0 saturated heterocycles.